The number of benzene rings is 1. The summed E-state index contributed by atoms with van der Waals surface area (Å²) < 4.78 is 5.48. The SMILES string of the molecule is Nc1cc(NCC2CCCO2)ccc1C(=O)O. The van der Waals surface area contributed by atoms with E-state index < -0.39 is 5.97 Å². The molecule has 1 aromatic rings. The number of anilines is 2. The van der Waals surface area contributed by atoms with Gasteiger partial charge in [0.1, 0.15) is 0 Å². The zero-order valence-corrected chi connectivity index (χ0v) is 9.48. The van der Waals surface area contributed by atoms with Crippen molar-refractivity contribution in [3.8, 4) is 0 Å². The summed E-state index contributed by atoms with van der Waals surface area (Å²) in [5.74, 6) is -1.01. The maximum absolute atomic E-state index is 10.8. The Hall–Kier alpha value is -1.75. The van der Waals surface area contributed by atoms with Crippen LogP contribution in [0.4, 0.5) is 11.4 Å². The quantitative estimate of drug-likeness (QED) is 0.691. The van der Waals surface area contributed by atoms with Gasteiger partial charge in [0.25, 0.3) is 0 Å². The Labute approximate surface area is 99.6 Å². The first-order valence-electron chi connectivity index (χ1n) is 5.65. The van der Waals surface area contributed by atoms with Gasteiger partial charge in [-0.25, -0.2) is 4.79 Å². The molecule has 1 aromatic carbocycles. The number of carbonyl (C=O) groups is 1. The summed E-state index contributed by atoms with van der Waals surface area (Å²) in [6, 6.07) is 4.86. The van der Waals surface area contributed by atoms with E-state index in [1.807, 2.05) is 0 Å². The molecule has 0 aliphatic carbocycles. The van der Waals surface area contributed by atoms with Crippen molar-refractivity contribution in [1.29, 1.82) is 0 Å². The lowest BCUT2D eigenvalue weighted by Gasteiger charge is -2.12. The molecule has 92 valence electrons. The predicted molar refractivity (Wildman–Crippen MR) is 65.3 cm³/mol. The first kappa shape index (κ1) is 11.7. The molecule has 2 rings (SSSR count). The molecule has 17 heavy (non-hydrogen) atoms. The lowest BCUT2D eigenvalue weighted by molar-refractivity contribution is 0.0698. The van der Waals surface area contributed by atoms with Gasteiger partial charge in [0.15, 0.2) is 0 Å². The van der Waals surface area contributed by atoms with Crippen LogP contribution in [0.2, 0.25) is 0 Å². The van der Waals surface area contributed by atoms with Crippen molar-refractivity contribution in [3.05, 3.63) is 23.8 Å². The summed E-state index contributed by atoms with van der Waals surface area (Å²) in [6.07, 6.45) is 2.41. The molecule has 1 unspecified atom stereocenters. The lowest BCUT2D eigenvalue weighted by Crippen LogP contribution is -2.18. The molecule has 1 heterocycles. The van der Waals surface area contributed by atoms with Gasteiger partial charge in [-0.3, -0.25) is 0 Å². The molecule has 5 heteroatoms. The Bertz CT molecular complexity index is 414. The van der Waals surface area contributed by atoms with Gasteiger partial charge in [0, 0.05) is 24.5 Å². The van der Waals surface area contributed by atoms with E-state index in [9.17, 15) is 4.79 Å². The number of carboxylic acid groups (broad SMARTS) is 1. The fourth-order valence-electron chi connectivity index (χ4n) is 1.90. The minimum absolute atomic E-state index is 0.132. The van der Waals surface area contributed by atoms with Crippen molar-refractivity contribution in [1.82, 2.24) is 0 Å². The van der Waals surface area contributed by atoms with Crippen LogP contribution in [-0.2, 0) is 4.74 Å². The number of hydrogen-bond acceptors (Lipinski definition) is 4. The molecule has 1 atom stereocenters. The first-order chi connectivity index (χ1) is 8.16. The Kier molecular flexibility index (Phi) is 3.49. The van der Waals surface area contributed by atoms with Gasteiger partial charge in [-0.1, -0.05) is 0 Å². The van der Waals surface area contributed by atoms with Crippen LogP contribution >= 0.6 is 0 Å². The summed E-state index contributed by atoms with van der Waals surface area (Å²) in [4.78, 5) is 10.8. The van der Waals surface area contributed by atoms with E-state index in [0.29, 0.717) is 0 Å². The number of nitrogens with one attached hydrogen (secondary N) is 1. The molecular weight excluding hydrogens is 220 g/mol. The van der Waals surface area contributed by atoms with Crippen LogP contribution in [0.5, 0.6) is 0 Å². The van der Waals surface area contributed by atoms with Crippen LogP contribution in [0.15, 0.2) is 18.2 Å². The second-order valence-corrected chi connectivity index (χ2v) is 4.12. The third-order valence-corrected chi connectivity index (χ3v) is 2.84. The second-order valence-electron chi connectivity index (χ2n) is 4.12. The summed E-state index contributed by atoms with van der Waals surface area (Å²) >= 11 is 0. The van der Waals surface area contributed by atoms with Gasteiger partial charge in [0.05, 0.1) is 11.7 Å². The average molecular weight is 236 g/mol. The van der Waals surface area contributed by atoms with Crippen LogP contribution in [-0.4, -0.2) is 30.3 Å². The van der Waals surface area contributed by atoms with Gasteiger partial charge in [-0.05, 0) is 31.0 Å². The molecule has 0 bridgehead atoms. The average Bonchev–Trinajstić information content (AvgIpc) is 2.78. The number of aromatic carboxylic acids is 1. The molecule has 1 aliphatic heterocycles. The summed E-state index contributed by atoms with van der Waals surface area (Å²) in [7, 11) is 0. The molecule has 0 radical (unpaired) electrons. The molecule has 5 nitrogen and oxygen atoms in total. The Morgan fingerprint density at radius 2 is 2.41 bits per heavy atom. The number of nitrogens with two attached hydrogens (primary N) is 1. The van der Waals surface area contributed by atoms with E-state index in [0.717, 1.165) is 31.7 Å². The van der Waals surface area contributed by atoms with E-state index in [2.05, 4.69) is 5.32 Å². The molecule has 4 N–H and O–H groups in total. The van der Waals surface area contributed by atoms with E-state index >= 15 is 0 Å². The maximum atomic E-state index is 10.8. The minimum Gasteiger partial charge on any atom is -0.478 e. The fraction of sp³-hybridized carbons (Fsp3) is 0.417. The predicted octanol–water partition coefficient (Wildman–Crippen LogP) is 1.56. The fourth-order valence-corrected chi connectivity index (χ4v) is 1.90. The highest BCUT2D eigenvalue weighted by Gasteiger charge is 2.15. The van der Waals surface area contributed by atoms with E-state index in [1.165, 1.54) is 6.07 Å². The number of rotatable bonds is 4. The molecule has 1 aliphatic rings. The molecular formula is C12H16N2O3. The van der Waals surface area contributed by atoms with Crippen molar-refractivity contribution in [2.75, 3.05) is 24.2 Å². The smallest absolute Gasteiger partial charge is 0.337 e. The van der Waals surface area contributed by atoms with Crippen LogP contribution in [0, 0.1) is 0 Å². The molecule has 0 saturated carbocycles. The summed E-state index contributed by atoms with van der Waals surface area (Å²) in [6.45, 7) is 1.55. The van der Waals surface area contributed by atoms with Crippen molar-refractivity contribution in [3.63, 3.8) is 0 Å². The molecule has 1 fully saturated rings. The summed E-state index contributed by atoms with van der Waals surface area (Å²) in [5, 5.41) is 12.0. The van der Waals surface area contributed by atoms with Gasteiger partial charge in [-0.2, -0.15) is 0 Å². The Morgan fingerprint density at radius 3 is 3.00 bits per heavy atom. The van der Waals surface area contributed by atoms with Gasteiger partial charge < -0.3 is 20.9 Å². The minimum atomic E-state index is -1.01. The maximum Gasteiger partial charge on any atom is 0.337 e. The van der Waals surface area contributed by atoms with E-state index in [4.69, 9.17) is 15.6 Å². The Balaban J connectivity index is 1.97. The first-order valence-corrected chi connectivity index (χ1v) is 5.65. The van der Waals surface area contributed by atoms with Crippen molar-refractivity contribution >= 4 is 17.3 Å². The third-order valence-electron chi connectivity index (χ3n) is 2.84. The molecule has 1 saturated heterocycles. The lowest BCUT2D eigenvalue weighted by atomic mass is 10.1. The van der Waals surface area contributed by atoms with Crippen LogP contribution in [0.25, 0.3) is 0 Å². The van der Waals surface area contributed by atoms with Gasteiger partial charge in [0.2, 0.25) is 0 Å². The molecule has 0 spiro atoms. The van der Waals surface area contributed by atoms with Crippen molar-refractivity contribution in [2.45, 2.75) is 18.9 Å². The number of carboxylic acids is 1. The van der Waals surface area contributed by atoms with Gasteiger partial charge in [-0.15, -0.1) is 0 Å². The van der Waals surface area contributed by atoms with Gasteiger partial charge >= 0.3 is 5.97 Å². The van der Waals surface area contributed by atoms with Crippen LogP contribution < -0.4 is 11.1 Å². The summed E-state index contributed by atoms with van der Waals surface area (Å²) in [5.41, 5.74) is 6.88. The van der Waals surface area contributed by atoms with E-state index in [-0.39, 0.29) is 17.4 Å². The molecule has 0 amide bonds. The van der Waals surface area contributed by atoms with E-state index in [1.54, 1.807) is 12.1 Å². The highest BCUT2D eigenvalue weighted by Crippen LogP contribution is 2.19. The van der Waals surface area contributed by atoms with Crippen molar-refractivity contribution in [2.24, 2.45) is 0 Å². The number of hydrogen-bond donors (Lipinski definition) is 3. The highest BCUT2D eigenvalue weighted by atomic mass is 16.5. The zero-order chi connectivity index (χ0) is 12.3. The van der Waals surface area contributed by atoms with Crippen LogP contribution in [0.3, 0.4) is 0 Å². The number of ether oxygens (including phenoxy) is 1. The monoisotopic (exact) mass is 236 g/mol. The van der Waals surface area contributed by atoms with Crippen molar-refractivity contribution < 1.29 is 14.6 Å². The topological polar surface area (TPSA) is 84.6 Å². The van der Waals surface area contributed by atoms with Crippen LogP contribution in [0.1, 0.15) is 23.2 Å². The largest absolute Gasteiger partial charge is 0.478 e. The number of nitrogen functional groups attached to an aromatic ring is 1. The second kappa shape index (κ2) is 5.05. The normalized spacial score (nSPS) is 19.2. The zero-order valence-electron chi connectivity index (χ0n) is 9.48. The third kappa shape index (κ3) is 2.88. The highest BCUT2D eigenvalue weighted by molar-refractivity contribution is 5.94. The Morgan fingerprint density at radius 1 is 1.59 bits per heavy atom. The standard InChI is InChI=1S/C12H16N2O3/c13-11-6-8(3-4-10(11)12(15)16)14-7-9-2-1-5-17-9/h3-4,6,9,14H,1-2,5,7,13H2,(H,15,16). The molecule has 0 aromatic heterocycles.